The zero-order chi connectivity index (χ0) is 27.2. The van der Waals surface area contributed by atoms with Gasteiger partial charge in [-0.1, -0.05) is 84.9 Å². The molecule has 0 aliphatic carbocycles. The third kappa shape index (κ3) is 5.63. The number of carboxylic acid groups (broad SMARTS) is 2. The Balaban J connectivity index is 1.59. The smallest absolute Gasteiger partial charge is 0.336 e. The van der Waals surface area contributed by atoms with Crippen LogP contribution in [-0.4, -0.2) is 22.2 Å². The summed E-state index contributed by atoms with van der Waals surface area (Å²) in [5.41, 5.74) is 5.93. The van der Waals surface area contributed by atoms with Crippen LogP contribution in [0.4, 0.5) is 17.1 Å². The fourth-order valence-corrected chi connectivity index (χ4v) is 4.52. The zero-order valence-corrected chi connectivity index (χ0v) is 20.9. The van der Waals surface area contributed by atoms with Gasteiger partial charge in [0.15, 0.2) is 0 Å². The molecule has 0 aromatic heterocycles. The fourth-order valence-electron chi connectivity index (χ4n) is 4.52. The van der Waals surface area contributed by atoms with E-state index in [-0.39, 0.29) is 11.1 Å². The second kappa shape index (κ2) is 11.3. The van der Waals surface area contributed by atoms with Crippen LogP contribution in [0.1, 0.15) is 37.4 Å². The topological polar surface area (TPSA) is 77.8 Å². The zero-order valence-electron chi connectivity index (χ0n) is 20.9. The molecule has 0 aliphatic rings. The highest BCUT2D eigenvalue weighted by Crippen LogP contribution is 2.35. The van der Waals surface area contributed by atoms with Crippen LogP contribution in [0.2, 0.25) is 0 Å². The molecule has 0 atom stereocenters. The molecule has 0 unspecified atom stereocenters. The molecule has 39 heavy (non-hydrogen) atoms. The van der Waals surface area contributed by atoms with E-state index in [9.17, 15) is 19.8 Å². The van der Waals surface area contributed by atoms with Crippen molar-refractivity contribution in [3.05, 3.63) is 161 Å². The highest BCUT2D eigenvalue weighted by atomic mass is 16.4. The summed E-state index contributed by atoms with van der Waals surface area (Å²) in [5, 5.41) is 19.0. The highest BCUT2D eigenvalue weighted by molar-refractivity contribution is 6.03. The van der Waals surface area contributed by atoms with Crippen LogP contribution in [0.25, 0.3) is 11.6 Å². The van der Waals surface area contributed by atoms with Crippen LogP contribution >= 0.6 is 0 Å². The molecule has 5 aromatic rings. The lowest BCUT2D eigenvalue weighted by molar-refractivity contribution is 0.0651. The van der Waals surface area contributed by atoms with Crippen molar-refractivity contribution in [1.29, 1.82) is 0 Å². The van der Waals surface area contributed by atoms with Crippen molar-refractivity contribution in [3.8, 4) is 0 Å². The summed E-state index contributed by atoms with van der Waals surface area (Å²) in [5.74, 6) is -2.56. The summed E-state index contributed by atoms with van der Waals surface area (Å²) in [6, 6.07) is 42.6. The van der Waals surface area contributed by atoms with Gasteiger partial charge in [-0.2, -0.15) is 0 Å². The lowest BCUT2D eigenvalue weighted by atomic mass is 9.94. The second-order valence-electron chi connectivity index (χ2n) is 8.89. The van der Waals surface area contributed by atoms with E-state index < -0.39 is 11.9 Å². The van der Waals surface area contributed by atoms with Crippen molar-refractivity contribution in [2.24, 2.45) is 0 Å². The lowest BCUT2D eigenvalue weighted by Gasteiger charge is -2.25. The van der Waals surface area contributed by atoms with Crippen molar-refractivity contribution >= 4 is 40.6 Å². The van der Waals surface area contributed by atoms with Crippen molar-refractivity contribution in [2.75, 3.05) is 4.90 Å². The van der Waals surface area contributed by atoms with Crippen molar-refractivity contribution < 1.29 is 19.8 Å². The molecule has 5 heteroatoms. The first-order valence-corrected chi connectivity index (χ1v) is 12.4. The maximum Gasteiger partial charge on any atom is 0.336 e. The number of benzene rings is 5. The maximum absolute atomic E-state index is 11.8. The number of hydrogen-bond acceptors (Lipinski definition) is 3. The molecule has 2 N–H and O–H groups in total. The Hall–Kier alpha value is -5.42. The fraction of sp³-hybridized carbons (Fsp3) is 0. The largest absolute Gasteiger partial charge is 0.478 e. The monoisotopic (exact) mass is 511 g/mol. The number of nitrogens with zero attached hydrogens (tertiary/aromatic N) is 1. The molecule has 0 amide bonds. The van der Waals surface area contributed by atoms with Crippen molar-refractivity contribution in [2.45, 2.75) is 0 Å². The van der Waals surface area contributed by atoms with Gasteiger partial charge in [0.2, 0.25) is 0 Å². The lowest BCUT2D eigenvalue weighted by Crippen LogP contribution is -2.09. The number of anilines is 3. The first kappa shape index (κ1) is 25.2. The molecule has 0 bridgehead atoms. The predicted molar refractivity (Wildman–Crippen MR) is 155 cm³/mol. The van der Waals surface area contributed by atoms with E-state index in [1.165, 1.54) is 12.1 Å². The molecule has 5 nitrogen and oxygen atoms in total. The van der Waals surface area contributed by atoms with E-state index in [1.807, 2.05) is 84.9 Å². The normalized spacial score (nSPS) is 11.1. The van der Waals surface area contributed by atoms with Gasteiger partial charge in [-0.25, -0.2) is 9.59 Å². The third-order valence-electron chi connectivity index (χ3n) is 6.37. The SMILES string of the molecule is O=C(O)c1ccc(C=C(c2ccccc2)c2ccc(N(c3ccccc3)c3ccccc3)cc2)cc1C(=O)O. The van der Waals surface area contributed by atoms with E-state index in [0.717, 1.165) is 33.8 Å². The summed E-state index contributed by atoms with van der Waals surface area (Å²) in [6.45, 7) is 0. The van der Waals surface area contributed by atoms with Gasteiger partial charge in [0.05, 0.1) is 11.1 Å². The average Bonchev–Trinajstić information content (AvgIpc) is 2.98. The van der Waals surface area contributed by atoms with E-state index in [1.54, 1.807) is 6.07 Å². The molecule has 0 aliphatic heterocycles. The first-order chi connectivity index (χ1) is 19.0. The predicted octanol–water partition coefficient (Wildman–Crippen LogP) is 8.14. The van der Waals surface area contributed by atoms with Gasteiger partial charge in [0.1, 0.15) is 0 Å². The van der Waals surface area contributed by atoms with Gasteiger partial charge in [-0.05, 0) is 76.9 Å². The minimum Gasteiger partial charge on any atom is -0.478 e. The molecule has 0 fully saturated rings. The second-order valence-corrected chi connectivity index (χ2v) is 8.89. The van der Waals surface area contributed by atoms with Gasteiger partial charge >= 0.3 is 11.9 Å². The van der Waals surface area contributed by atoms with E-state index in [0.29, 0.717) is 5.56 Å². The number of hydrogen-bond donors (Lipinski definition) is 2. The van der Waals surface area contributed by atoms with Crippen LogP contribution in [0.3, 0.4) is 0 Å². The molecular weight excluding hydrogens is 486 g/mol. The minimum absolute atomic E-state index is 0.243. The highest BCUT2D eigenvalue weighted by Gasteiger charge is 2.17. The number of para-hydroxylation sites is 2. The first-order valence-electron chi connectivity index (χ1n) is 12.4. The Kier molecular flexibility index (Phi) is 7.32. The molecule has 190 valence electrons. The number of carbonyl (C=O) groups is 2. The van der Waals surface area contributed by atoms with Gasteiger partial charge in [0.25, 0.3) is 0 Å². The standard InChI is InChI=1S/C34H25NO4/c36-33(37)30-21-16-24(23-32(30)34(38)39)22-31(25-10-4-1-5-11-25)26-17-19-29(20-18-26)35(27-12-6-2-7-13-27)28-14-8-3-9-15-28/h1-23H,(H,36,37)(H,38,39). The van der Waals surface area contributed by atoms with E-state index in [2.05, 4.69) is 41.3 Å². The Bertz CT molecular complexity index is 1590. The van der Waals surface area contributed by atoms with Crippen LogP contribution in [0, 0.1) is 0 Å². The van der Waals surface area contributed by atoms with Gasteiger partial charge in [-0.3, -0.25) is 0 Å². The molecule has 5 aromatic carbocycles. The number of carboxylic acids is 2. The molecule has 0 heterocycles. The van der Waals surface area contributed by atoms with Crippen LogP contribution in [0.5, 0.6) is 0 Å². The van der Waals surface area contributed by atoms with E-state index in [4.69, 9.17) is 0 Å². The van der Waals surface area contributed by atoms with Crippen LogP contribution in [0.15, 0.2) is 133 Å². The molecule has 5 rings (SSSR count). The summed E-state index contributed by atoms with van der Waals surface area (Å²) < 4.78 is 0. The Labute approximate surface area is 226 Å². The van der Waals surface area contributed by atoms with Gasteiger partial charge < -0.3 is 15.1 Å². The summed E-state index contributed by atoms with van der Waals surface area (Å²) in [6.07, 6.45) is 1.88. The van der Waals surface area contributed by atoms with Crippen LogP contribution in [-0.2, 0) is 0 Å². The summed E-state index contributed by atoms with van der Waals surface area (Å²) in [7, 11) is 0. The van der Waals surface area contributed by atoms with Gasteiger partial charge in [0, 0.05) is 17.1 Å². The van der Waals surface area contributed by atoms with E-state index >= 15 is 0 Å². The quantitative estimate of drug-likeness (QED) is 0.206. The van der Waals surface area contributed by atoms with Crippen molar-refractivity contribution in [1.82, 2.24) is 0 Å². The minimum atomic E-state index is -1.28. The number of rotatable bonds is 8. The molecule has 0 spiro atoms. The van der Waals surface area contributed by atoms with Crippen LogP contribution < -0.4 is 4.90 Å². The Morgan fingerprint density at radius 3 is 1.49 bits per heavy atom. The van der Waals surface area contributed by atoms with Gasteiger partial charge in [-0.15, -0.1) is 0 Å². The maximum atomic E-state index is 11.8. The van der Waals surface area contributed by atoms with Crippen molar-refractivity contribution in [3.63, 3.8) is 0 Å². The summed E-state index contributed by atoms with van der Waals surface area (Å²) in [4.78, 5) is 25.4. The third-order valence-corrected chi connectivity index (χ3v) is 6.37. The Morgan fingerprint density at radius 2 is 0.974 bits per heavy atom. The summed E-state index contributed by atoms with van der Waals surface area (Å²) >= 11 is 0. The molecule has 0 radical (unpaired) electrons. The molecular formula is C34H25NO4. The molecule has 0 saturated carbocycles. The Morgan fingerprint density at radius 1 is 0.513 bits per heavy atom. The molecule has 0 saturated heterocycles. The average molecular weight is 512 g/mol. The number of aromatic carboxylic acids is 2.